The number of benzene rings is 2. The van der Waals surface area contributed by atoms with Gasteiger partial charge in [-0.15, -0.1) is 0 Å². The summed E-state index contributed by atoms with van der Waals surface area (Å²) in [5.41, 5.74) is 2.28. The van der Waals surface area contributed by atoms with E-state index in [1.165, 1.54) is 11.8 Å². The maximum atomic E-state index is 12.3. The Kier molecular flexibility index (Phi) is 11.0. The van der Waals surface area contributed by atoms with Gasteiger partial charge >= 0.3 is 6.09 Å². The minimum absolute atomic E-state index is 0.256. The predicted octanol–water partition coefficient (Wildman–Crippen LogP) is 8.04. The van der Waals surface area contributed by atoms with Crippen LogP contribution in [0.1, 0.15) is 76.3 Å². The third-order valence-electron chi connectivity index (χ3n) is 7.76. The van der Waals surface area contributed by atoms with Gasteiger partial charge < -0.3 is 19.1 Å². The summed E-state index contributed by atoms with van der Waals surface area (Å²) in [6, 6.07) is 15.8. The lowest BCUT2D eigenvalue weighted by atomic mass is 9.77. The lowest BCUT2D eigenvalue weighted by Crippen LogP contribution is -2.41. The van der Waals surface area contributed by atoms with E-state index < -0.39 is 11.0 Å². The molecule has 0 saturated carbocycles. The Balaban J connectivity index is 1.34. The van der Waals surface area contributed by atoms with Crippen molar-refractivity contribution in [3.05, 3.63) is 76.1 Å². The Bertz CT molecular complexity index is 1480. The number of carbonyl (C=O) groups is 1. The third-order valence-corrected chi connectivity index (χ3v) is 8.60. The summed E-state index contributed by atoms with van der Waals surface area (Å²) in [6.45, 7) is 12.0. The number of aromatic nitrogens is 2. The summed E-state index contributed by atoms with van der Waals surface area (Å²) in [4.78, 5) is 22.8. The van der Waals surface area contributed by atoms with Crippen LogP contribution in [0.4, 0.5) is 4.79 Å². The minimum Gasteiger partial charge on any atom is -0.491 e. The van der Waals surface area contributed by atoms with E-state index in [-0.39, 0.29) is 6.09 Å². The number of nitriles is 1. The highest BCUT2D eigenvalue weighted by molar-refractivity contribution is 7.98. The zero-order chi connectivity index (χ0) is 31.9. The molecule has 1 saturated heterocycles. The number of thioether (sulfide) groups is 1. The summed E-state index contributed by atoms with van der Waals surface area (Å²) in [6.07, 6.45) is 6.01. The van der Waals surface area contributed by atoms with E-state index in [2.05, 4.69) is 29.9 Å². The first kappa shape index (κ1) is 33.4. The van der Waals surface area contributed by atoms with Crippen molar-refractivity contribution in [2.24, 2.45) is 5.92 Å². The van der Waals surface area contributed by atoms with Crippen molar-refractivity contribution in [2.45, 2.75) is 76.7 Å². The molecule has 3 aromatic rings. The molecule has 0 atom stereocenters. The van der Waals surface area contributed by atoms with E-state index in [1.807, 2.05) is 69.5 Å². The van der Waals surface area contributed by atoms with Gasteiger partial charge in [-0.2, -0.15) is 5.26 Å². The molecule has 0 unspecified atom stereocenters. The summed E-state index contributed by atoms with van der Waals surface area (Å²) in [5, 5.41) is 11.1. The van der Waals surface area contributed by atoms with Crippen LogP contribution in [0.5, 0.6) is 11.5 Å². The van der Waals surface area contributed by atoms with Crippen molar-refractivity contribution < 1.29 is 19.0 Å². The Morgan fingerprint density at radius 2 is 1.77 bits per heavy atom. The molecule has 1 aliphatic rings. The van der Waals surface area contributed by atoms with Crippen LogP contribution in [0.2, 0.25) is 5.02 Å². The zero-order valence-electron chi connectivity index (χ0n) is 26.4. The van der Waals surface area contributed by atoms with Crippen LogP contribution in [-0.2, 0) is 16.8 Å². The number of amides is 1. The number of rotatable bonds is 10. The monoisotopic (exact) mass is 636 g/mol. The van der Waals surface area contributed by atoms with E-state index >= 15 is 0 Å². The lowest BCUT2D eigenvalue weighted by molar-refractivity contribution is 0.0177. The number of carbonyl (C=O) groups excluding carboxylic acids is 1. The van der Waals surface area contributed by atoms with Crippen LogP contribution in [0.3, 0.4) is 0 Å². The standard InChI is InChI=1S/C34H41ClN4O4S/c1-33(2,3)43-32(40)39-16-12-23(13-17-39)14-18-41-30-24(21-36)19-26(20-29(30)35)34(4,5)25-7-9-28(10-8-25)42-22-27-11-15-37-31(38-27)44-6/h7-11,15,19-20,23H,12-14,16-18,22H2,1-6H3. The number of nitrogens with zero attached hydrogens (tertiary/aromatic N) is 4. The Morgan fingerprint density at radius 1 is 1.07 bits per heavy atom. The molecule has 2 heterocycles. The van der Waals surface area contributed by atoms with Gasteiger partial charge in [0.05, 0.1) is 22.9 Å². The van der Waals surface area contributed by atoms with Gasteiger partial charge in [-0.05, 0) is 93.7 Å². The van der Waals surface area contributed by atoms with Gasteiger partial charge in [0.15, 0.2) is 10.9 Å². The smallest absolute Gasteiger partial charge is 0.410 e. The van der Waals surface area contributed by atoms with Crippen molar-refractivity contribution in [1.82, 2.24) is 14.9 Å². The van der Waals surface area contributed by atoms with Crippen LogP contribution < -0.4 is 9.47 Å². The number of likely N-dealkylation sites (tertiary alicyclic amines) is 1. The van der Waals surface area contributed by atoms with Crippen LogP contribution in [0.15, 0.2) is 53.8 Å². The number of ether oxygens (including phenoxy) is 3. The largest absolute Gasteiger partial charge is 0.491 e. The highest BCUT2D eigenvalue weighted by Gasteiger charge is 2.28. The van der Waals surface area contributed by atoms with Crippen LogP contribution >= 0.6 is 23.4 Å². The van der Waals surface area contributed by atoms with E-state index in [4.69, 9.17) is 25.8 Å². The average Bonchev–Trinajstić information content (AvgIpc) is 3.00. The Labute approximate surface area is 270 Å². The highest BCUT2D eigenvalue weighted by atomic mass is 35.5. The van der Waals surface area contributed by atoms with Crippen molar-refractivity contribution >= 4 is 29.5 Å². The van der Waals surface area contributed by atoms with E-state index in [0.29, 0.717) is 53.7 Å². The molecule has 1 aliphatic heterocycles. The number of halogens is 1. The fraction of sp³-hybridized carbons (Fsp3) is 0.471. The first-order chi connectivity index (χ1) is 20.9. The van der Waals surface area contributed by atoms with E-state index in [0.717, 1.165) is 41.8 Å². The van der Waals surface area contributed by atoms with Crippen molar-refractivity contribution in [3.63, 3.8) is 0 Å². The molecule has 10 heteroatoms. The van der Waals surface area contributed by atoms with Gasteiger partial charge in [0, 0.05) is 24.7 Å². The molecule has 0 spiro atoms. The molecule has 4 rings (SSSR count). The Morgan fingerprint density at radius 3 is 2.41 bits per heavy atom. The normalized spacial score (nSPS) is 14.2. The molecule has 8 nitrogen and oxygen atoms in total. The molecule has 2 aromatic carbocycles. The zero-order valence-corrected chi connectivity index (χ0v) is 27.9. The van der Waals surface area contributed by atoms with E-state index in [9.17, 15) is 10.1 Å². The van der Waals surface area contributed by atoms with Gasteiger partial charge in [-0.1, -0.05) is 49.3 Å². The van der Waals surface area contributed by atoms with Crippen molar-refractivity contribution in [1.29, 1.82) is 5.26 Å². The van der Waals surface area contributed by atoms with Crippen molar-refractivity contribution in [3.8, 4) is 17.6 Å². The molecule has 44 heavy (non-hydrogen) atoms. The van der Waals surface area contributed by atoms with Crippen LogP contribution in [0.25, 0.3) is 0 Å². The molecule has 0 aliphatic carbocycles. The molecule has 0 N–H and O–H groups in total. The summed E-state index contributed by atoms with van der Waals surface area (Å²) in [7, 11) is 0. The molecule has 0 bridgehead atoms. The molecule has 1 fully saturated rings. The predicted molar refractivity (Wildman–Crippen MR) is 174 cm³/mol. The first-order valence-electron chi connectivity index (χ1n) is 14.8. The second-order valence-electron chi connectivity index (χ2n) is 12.5. The summed E-state index contributed by atoms with van der Waals surface area (Å²) >= 11 is 8.21. The minimum atomic E-state index is -0.499. The maximum absolute atomic E-state index is 12.3. The topological polar surface area (TPSA) is 97.6 Å². The quantitative estimate of drug-likeness (QED) is 0.163. The third kappa shape index (κ3) is 8.80. The second kappa shape index (κ2) is 14.5. The fourth-order valence-corrected chi connectivity index (χ4v) is 5.74. The molecule has 1 amide bonds. The van der Waals surface area contributed by atoms with Crippen LogP contribution in [0, 0.1) is 17.2 Å². The van der Waals surface area contributed by atoms with E-state index in [1.54, 1.807) is 11.1 Å². The first-order valence-corrected chi connectivity index (χ1v) is 16.4. The van der Waals surface area contributed by atoms with Gasteiger partial charge in [0.1, 0.15) is 24.0 Å². The van der Waals surface area contributed by atoms with Gasteiger partial charge in [0.2, 0.25) is 0 Å². The fourth-order valence-electron chi connectivity index (χ4n) is 5.09. The molecule has 0 radical (unpaired) electrons. The number of piperidine rings is 1. The Hall–Kier alpha value is -3.48. The van der Waals surface area contributed by atoms with Gasteiger partial charge in [-0.3, -0.25) is 0 Å². The SMILES string of the molecule is CSc1nccc(COc2ccc(C(C)(C)c3cc(Cl)c(OCCC4CCN(C(=O)OC(C)(C)C)CC4)c(C#N)c3)cc2)n1. The van der Waals surface area contributed by atoms with Gasteiger partial charge in [-0.25, -0.2) is 14.8 Å². The molecular weight excluding hydrogens is 596 g/mol. The lowest BCUT2D eigenvalue weighted by Gasteiger charge is -2.33. The molecular formula is C34H41ClN4O4S. The maximum Gasteiger partial charge on any atom is 0.410 e. The molecule has 234 valence electrons. The molecule has 1 aromatic heterocycles. The van der Waals surface area contributed by atoms with Crippen molar-refractivity contribution in [2.75, 3.05) is 26.0 Å². The summed E-state index contributed by atoms with van der Waals surface area (Å²) < 4.78 is 17.5. The highest BCUT2D eigenvalue weighted by Crippen LogP contribution is 2.39. The summed E-state index contributed by atoms with van der Waals surface area (Å²) in [5.74, 6) is 1.58. The average molecular weight is 637 g/mol. The second-order valence-corrected chi connectivity index (χ2v) is 13.6. The van der Waals surface area contributed by atoms with Crippen LogP contribution in [-0.4, -0.2) is 52.5 Å². The van der Waals surface area contributed by atoms with Gasteiger partial charge in [0.25, 0.3) is 0 Å². The number of hydrogen-bond donors (Lipinski definition) is 0. The number of hydrogen-bond acceptors (Lipinski definition) is 8.